The molecule has 0 aromatic carbocycles. The van der Waals surface area contributed by atoms with Crippen LogP contribution in [-0.2, 0) is 9.59 Å². The largest absolute Gasteiger partial charge is 0.481 e. The molecule has 0 spiro atoms. The van der Waals surface area contributed by atoms with Gasteiger partial charge >= 0.3 is 5.97 Å². The number of carbonyl (C=O) groups excluding carboxylic acids is 1. The molecule has 1 rings (SSSR count). The van der Waals surface area contributed by atoms with Gasteiger partial charge in [-0.2, -0.15) is 0 Å². The number of amides is 1. The molecule has 2 N–H and O–H groups in total. The van der Waals surface area contributed by atoms with E-state index in [4.69, 9.17) is 5.11 Å². The van der Waals surface area contributed by atoms with Crippen LogP contribution in [0, 0.1) is 5.92 Å². The van der Waals surface area contributed by atoms with Crippen molar-refractivity contribution in [3.63, 3.8) is 0 Å². The fourth-order valence-electron chi connectivity index (χ4n) is 1.78. The van der Waals surface area contributed by atoms with Gasteiger partial charge in [-0.3, -0.25) is 9.59 Å². The molecule has 1 heterocycles. The van der Waals surface area contributed by atoms with E-state index in [1.165, 1.54) is 0 Å². The summed E-state index contributed by atoms with van der Waals surface area (Å²) in [4.78, 5) is 23.6. The second kappa shape index (κ2) is 5.70. The summed E-state index contributed by atoms with van der Waals surface area (Å²) in [5.74, 6) is -0.390. The molecule has 0 aromatic rings. The molecule has 0 radical (unpaired) electrons. The third-order valence-corrected chi connectivity index (χ3v) is 2.53. The summed E-state index contributed by atoms with van der Waals surface area (Å²) >= 11 is 0. The molecular formula is C10H18N2O3. The van der Waals surface area contributed by atoms with E-state index in [9.17, 15) is 9.59 Å². The molecule has 0 unspecified atom stereocenters. The van der Waals surface area contributed by atoms with Crippen LogP contribution >= 0.6 is 0 Å². The fourth-order valence-corrected chi connectivity index (χ4v) is 1.78. The van der Waals surface area contributed by atoms with Gasteiger partial charge < -0.3 is 15.3 Å². The summed E-state index contributed by atoms with van der Waals surface area (Å²) in [6.07, 6.45) is 0.755. The van der Waals surface area contributed by atoms with Crippen molar-refractivity contribution < 1.29 is 14.7 Å². The number of nitrogens with zero attached hydrogens (tertiary/aromatic N) is 1. The number of carbonyl (C=O) groups is 2. The van der Waals surface area contributed by atoms with Crippen molar-refractivity contribution in [2.45, 2.75) is 19.8 Å². The Labute approximate surface area is 89.4 Å². The van der Waals surface area contributed by atoms with Gasteiger partial charge in [-0.25, -0.2) is 0 Å². The lowest BCUT2D eigenvalue weighted by atomic mass is 9.96. The van der Waals surface area contributed by atoms with Gasteiger partial charge in [0.1, 0.15) is 0 Å². The summed E-state index contributed by atoms with van der Waals surface area (Å²) in [6, 6.07) is 0. The monoisotopic (exact) mass is 214 g/mol. The van der Waals surface area contributed by atoms with Crippen LogP contribution in [0.15, 0.2) is 0 Å². The van der Waals surface area contributed by atoms with Crippen LogP contribution in [0.5, 0.6) is 0 Å². The normalized spacial score (nSPS) is 17.1. The summed E-state index contributed by atoms with van der Waals surface area (Å²) in [6.45, 7) is 4.92. The van der Waals surface area contributed by atoms with Gasteiger partial charge in [0.2, 0.25) is 5.91 Å². The maximum atomic E-state index is 11.1. The zero-order chi connectivity index (χ0) is 11.3. The van der Waals surface area contributed by atoms with E-state index in [1.54, 1.807) is 0 Å². The van der Waals surface area contributed by atoms with Crippen LogP contribution in [0.3, 0.4) is 0 Å². The molecule has 15 heavy (non-hydrogen) atoms. The van der Waals surface area contributed by atoms with Crippen molar-refractivity contribution in [2.75, 3.05) is 26.2 Å². The first-order valence-corrected chi connectivity index (χ1v) is 5.32. The highest BCUT2D eigenvalue weighted by atomic mass is 16.4. The molecule has 1 aliphatic rings. The molecule has 0 aliphatic carbocycles. The zero-order valence-corrected chi connectivity index (χ0v) is 9.03. The Hall–Kier alpha value is -1.10. The first-order chi connectivity index (χ1) is 7.11. The maximum absolute atomic E-state index is 11.1. The van der Waals surface area contributed by atoms with Gasteiger partial charge in [-0.05, 0) is 12.8 Å². The van der Waals surface area contributed by atoms with E-state index in [0.29, 0.717) is 13.0 Å². The molecule has 0 aromatic heterocycles. The van der Waals surface area contributed by atoms with Crippen molar-refractivity contribution >= 4 is 11.9 Å². The topological polar surface area (TPSA) is 69.6 Å². The molecule has 86 valence electrons. The molecule has 1 saturated heterocycles. The van der Waals surface area contributed by atoms with Crippen molar-refractivity contribution in [1.29, 1.82) is 0 Å². The highest BCUT2D eigenvalue weighted by Gasteiger charge is 2.28. The molecular weight excluding hydrogens is 196 g/mol. The Balaban J connectivity index is 2.03. The molecule has 0 atom stereocenters. The van der Waals surface area contributed by atoms with E-state index < -0.39 is 5.97 Å². The Morgan fingerprint density at radius 1 is 1.47 bits per heavy atom. The highest BCUT2D eigenvalue weighted by Crippen LogP contribution is 2.18. The van der Waals surface area contributed by atoms with Crippen LogP contribution in [0.2, 0.25) is 0 Å². The number of aliphatic carboxylic acids is 1. The van der Waals surface area contributed by atoms with Crippen molar-refractivity contribution in [3.05, 3.63) is 0 Å². The molecule has 5 heteroatoms. The number of nitrogens with one attached hydrogen (secondary N) is 1. The second-order valence-corrected chi connectivity index (χ2v) is 3.93. The summed E-state index contributed by atoms with van der Waals surface area (Å²) in [7, 11) is 0. The Kier molecular flexibility index (Phi) is 4.55. The van der Waals surface area contributed by atoms with Crippen molar-refractivity contribution in [1.82, 2.24) is 10.2 Å². The number of carboxylic acids is 1. The summed E-state index contributed by atoms with van der Waals surface area (Å²) in [5, 5.41) is 11.3. The lowest BCUT2D eigenvalue weighted by Crippen LogP contribution is -2.48. The summed E-state index contributed by atoms with van der Waals surface area (Å²) in [5.41, 5.74) is 0. The van der Waals surface area contributed by atoms with E-state index in [-0.39, 0.29) is 18.2 Å². The highest BCUT2D eigenvalue weighted by molar-refractivity contribution is 5.76. The quantitative estimate of drug-likeness (QED) is 0.649. The molecule has 1 fully saturated rings. The first-order valence-electron chi connectivity index (χ1n) is 5.32. The minimum absolute atomic E-state index is 0.0687. The molecule has 0 bridgehead atoms. The van der Waals surface area contributed by atoms with Gasteiger partial charge in [0.15, 0.2) is 0 Å². The van der Waals surface area contributed by atoms with Crippen LogP contribution in [0.25, 0.3) is 0 Å². The average molecular weight is 214 g/mol. The van der Waals surface area contributed by atoms with Crippen molar-refractivity contribution in [3.8, 4) is 0 Å². The molecule has 0 saturated carbocycles. The van der Waals surface area contributed by atoms with Crippen LogP contribution in [0.4, 0.5) is 0 Å². The van der Waals surface area contributed by atoms with Gasteiger partial charge in [-0.1, -0.05) is 0 Å². The average Bonchev–Trinajstić information content (AvgIpc) is 2.08. The van der Waals surface area contributed by atoms with Crippen molar-refractivity contribution in [2.24, 2.45) is 5.92 Å². The Morgan fingerprint density at radius 2 is 2.13 bits per heavy atom. The zero-order valence-electron chi connectivity index (χ0n) is 9.03. The van der Waals surface area contributed by atoms with Gasteiger partial charge in [-0.15, -0.1) is 0 Å². The number of hydrogen-bond acceptors (Lipinski definition) is 3. The third-order valence-electron chi connectivity index (χ3n) is 2.53. The number of likely N-dealkylation sites (tertiary alicyclic amines) is 1. The summed E-state index contributed by atoms with van der Waals surface area (Å²) < 4.78 is 0. The molecule has 1 amide bonds. The number of carboxylic acid groups (broad SMARTS) is 1. The predicted molar refractivity (Wildman–Crippen MR) is 55.5 cm³/mol. The lowest BCUT2D eigenvalue weighted by Gasteiger charge is -2.38. The first kappa shape index (κ1) is 12.0. The van der Waals surface area contributed by atoms with Gasteiger partial charge in [0.25, 0.3) is 0 Å². The van der Waals surface area contributed by atoms with E-state index in [2.05, 4.69) is 10.2 Å². The van der Waals surface area contributed by atoms with E-state index >= 15 is 0 Å². The van der Waals surface area contributed by atoms with E-state index in [1.807, 2.05) is 6.92 Å². The predicted octanol–water partition coefficient (Wildman–Crippen LogP) is -0.0809. The Bertz CT molecular complexity index is 237. The molecule has 1 aliphatic heterocycles. The number of hydrogen-bond donors (Lipinski definition) is 2. The minimum atomic E-state index is -0.733. The van der Waals surface area contributed by atoms with Gasteiger partial charge in [0.05, 0.1) is 6.42 Å². The maximum Gasteiger partial charge on any atom is 0.303 e. The molecule has 5 nitrogen and oxygen atoms in total. The fraction of sp³-hybridized carbons (Fsp3) is 0.800. The minimum Gasteiger partial charge on any atom is -0.481 e. The van der Waals surface area contributed by atoms with E-state index in [0.717, 1.165) is 19.6 Å². The SMILES string of the molecule is CCNC(=O)CCN1CC(CC(=O)O)C1. The van der Waals surface area contributed by atoms with Gasteiger partial charge in [0, 0.05) is 32.6 Å². The van der Waals surface area contributed by atoms with Crippen LogP contribution < -0.4 is 5.32 Å². The van der Waals surface area contributed by atoms with Crippen LogP contribution in [0.1, 0.15) is 19.8 Å². The lowest BCUT2D eigenvalue weighted by molar-refractivity contribution is -0.139. The standard InChI is InChI=1S/C10H18N2O3/c1-2-11-9(13)3-4-12-6-8(7-12)5-10(14)15/h8H,2-7H2,1H3,(H,11,13)(H,14,15). The third kappa shape index (κ3) is 4.29. The Morgan fingerprint density at radius 3 is 2.67 bits per heavy atom. The smallest absolute Gasteiger partial charge is 0.303 e. The number of rotatable bonds is 6. The van der Waals surface area contributed by atoms with Crippen LogP contribution in [-0.4, -0.2) is 48.1 Å². The second-order valence-electron chi connectivity index (χ2n) is 3.93.